The normalized spacial score (nSPS) is 10.9. The Hall–Kier alpha value is -4.57. The van der Waals surface area contributed by atoms with Crippen LogP contribution in [0.2, 0.25) is 0 Å². The fourth-order valence-corrected chi connectivity index (χ4v) is 4.55. The van der Waals surface area contributed by atoms with Crippen LogP contribution < -0.4 is 5.56 Å². The third-order valence-electron chi connectivity index (χ3n) is 6.59. The van der Waals surface area contributed by atoms with Gasteiger partial charge >= 0.3 is 0 Å². The van der Waals surface area contributed by atoms with E-state index >= 15 is 0 Å². The molecule has 0 aliphatic rings. The van der Waals surface area contributed by atoms with Crippen molar-refractivity contribution in [2.45, 2.75) is 20.4 Å². The molecule has 0 saturated carbocycles. The number of aromatic nitrogens is 1. The molecule has 4 heteroatoms. The van der Waals surface area contributed by atoms with Gasteiger partial charge in [-0.1, -0.05) is 91.0 Å². The fraction of sp³-hybridized carbons (Fsp3) is 0.0938. The van der Waals surface area contributed by atoms with Crippen molar-refractivity contribution in [2.75, 3.05) is 0 Å². The lowest BCUT2D eigenvalue weighted by Crippen LogP contribution is -2.31. The van der Waals surface area contributed by atoms with Gasteiger partial charge in [0.05, 0.1) is 17.6 Å². The van der Waals surface area contributed by atoms with Gasteiger partial charge in [0.2, 0.25) is 0 Å². The zero-order chi connectivity index (χ0) is 25.2. The Balaban J connectivity index is 1.89. The number of hydrogen-bond donors (Lipinski definition) is 0. The van der Waals surface area contributed by atoms with Gasteiger partial charge in [0.1, 0.15) is 0 Å². The van der Waals surface area contributed by atoms with Crippen LogP contribution in [-0.2, 0) is 6.54 Å². The number of pyridine rings is 1. The first-order valence-corrected chi connectivity index (χ1v) is 11.9. The highest BCUT2D eigenvalue weighted by atomic mass is 16.2. The van der Waals surface area contributed by atoms with Crippen LogP contribution in [0.5, 0.6) is 0 Å². The summed E-state index contributed by atoms with van der Waals surface area (Å²) in [6, 6.07) is 31.0. The van der Waals surface area contributed by atoms with Crippen molar-refractivity contribution >= 4 is 22.5 Å². The van der Waals surface area contributed by atoms with Crippen molar-refractivity contribution in [2.24, 2.45) is 0 Å². The van der Waals surface area contributed by atoms with Gasteiger partial charge < -0.3 is 4.57 Å². The summed E-state index contributed by atoms with van der Waals surface area (Å²) in [5.41, 5.74) is 3.93. The maximum absolute atomic E-state index is 14.1. The molecule has 0 amide bonds. The van der Waals surface area contributed by atoms with Crippen LogP contribution in [0.3, 0.4) is 0 Å². The number of carbonyl (C=O) groups excluding carboxylic acids is 2. The van der Waals surface area contributed by atoms with Crippen LogP contribution in [0.15, 0.2) is 108 Å². The average Bonchev–Trinajstić information content (AvgIpc) is 2.92. The molecule has 0 radical (unpaired) electrons. The summed E-state index contributed by atoms with van der Waals surface area (Å²) in [5.74, 6) is -0.797. The predicted molar refractivity (Wildman–Crippen MR) is 143 cm³/mol. The highest BCUT2D eigenvalue weighted by Crippen LogP contribution is 2.28. The van der Waals surface area contributed by atoms with E-state index in [9.17, 15) is 14.4 Å². The third-order valence-corrected chi connectivity index (χ3v) is 6.59. The van der Waals surface area contributed by atoms with Gasteiger partial charge in [0, 0.05) is 22.1 Å². The highest BCUT2D eigenvalue weighted by Gasteiger charge is 2.28. The Morgan fingerprint density at radius 1 is 0.639 bits per heavy atom. The molecule has 0 atom stereocenters. The van der Waals surface area contributed by atoms with Crippen molar-refractivity contribution in [1.82, 2.24) is 4.57 Å². The molecule has 36 heavy (non-hydrogen) atoms. The smallest absolute Gasteiger partial charge is 0.263 e. The lowest BCUT2D eigenvalue weighted by Gasteiger charge is -2.19. The molecule has 1 aromatic heterocycles. The van der Waals surface area contributed by atoms with E-state index in [2.05, 4.69) is 0 Å². The molecule has 176 valence electrons. The van der Waals surface area contributed by atoms with Crippen LogP contribution in [0.25, 0.3) is 10.9 Å². The molecular weight excluding hydrogens is 446 g/mol. The lowest BCUT2D eigenvalue weighted by molar-refractivity contribution is 0.100. The fourth-order valence-electron chi connectivity index (χ4n) is 4.55. The summed E-state index contributed by atoms with van der Waals surface area (Å²) in [4.78, 5) is 41.9. The van der Waals surface area contributed by atoms with Crippen LogP contribution in [0.4, 0.5) is 0 Å². The van der Waals surface area contributed by atoms with E-state index < -0.39 is 11.3 Å². The molecule has 0 spiro atoms. The second kappa shape index (κ2) is 9.59. The SMILES string of the molecule is Cc1cc2c(C(=O)c3ccccc3)c(C(=O)c3ccccc3)c(=O)n(Cc3ccccc3)c2cc1C. The second-order valence-corrected chi connectivity index (χ2v) is 8.97. The van der Waals surface area contributed by atoms with Crippen molar-refractivity contribution in [3.63, 3.8) is 0 Å². The van der Waals surface area contributed by atoms with Crippen molar-refractivity contribution in [1.29, 1.82) is 0 Å². The Labute approximate surface area is 209 Å². The Bertz CT molecular complexity index is 1650. The largest absolute Gasteiger partial charge is 0.303 e. The molecule has 4 aromatic carbocycles. The van der Waals surface area contributed by atoms with E-state index in [1.807, 2.05) is 68.4 Å². The Morgan fingerprint density at radius 2 is 1.11 bits per heavy atom. The summed E-state index contributed by atoms with van der Waals surface area (Å²) < 4.78 is 1.62. The van der Waals surface area contributed by atoms with E-state index in [1.165, 1.54) is 0 Å². The molecule has 0 fully saturated rings. The molecule has 0 N–H and O–H groups in total. The van der Waals surface area contributed by atoms with E-state index in [4.69, 9.17) is 0 Å². The van der Waals surface area contributed by atoms with E-state index in [0.29, 0.717) is 22.0 Å². The third kappa shape index (κ3) is 4.18. The molecule has 5 rings (SSSR count). The molecule has 0 aliphatic heterocycles. The minimum absolute atomic E-state index is 0.0956. The first kappa shape index (κ1) is 23.2. The van der Waals surface area contributed by atoms with E-state index in [-0.39, 0.29) is 23.5 Å². The maximum atomic E-state index is 14.1. The maximum Gasteiger partial charge on any atom is 0.263 e. The van der Waals surface area contributed by atoms with Crippen molar-refractivity contribution < 1.29 is 9.59 Å². The van der Waals surface area contributed by atoms with Gasteiger partial charge in [-0.25, -0.2) is 0 Å². The van der Waals surface area contributed by atoms with E-state index in [0.717, 1.165) is 16.7 Å². The topological polar surface area (TPSA) is 56.1 Å². The monoisotopic (exact) mass is 471 g/mol. The van der Waals surface area contributed by atoms with Crippen LogP contribution >= 0.6 is 0 Å². The number of rotatable bonds is 6. The Kier molecular flexibility index (Phi) is 6.17. The molecule has 0 saturated heterocycles. The summed E-state index contributed by atoms with van der Waals surface area (Å²) in [6.45, 7) is 4.23. The van der Waals surface area contributed by atoms with Gasteiger partial charge in [0.15, 0.2) is 11.6 Å². The highest BCUT2D eigenvalue weighted by molar-refractivity contribution is 6.24. The standard InChI is InChI=1S/C32H25NO3/c1-21-18-26-27(19-22(21)2)33(20-23-12-6-3-7-13-23)32(36)29(31(35)25-16-10-5-11-17-25)28(26)30(34)24-14-8-4-9-15-24/h3-19H,20H2,1-2H3. The number of nitrogens with zero attached hydrogens (tertiary/aromatic N) is 1. The first-order valence-electron chi connectivity index (χ1n) is 11.9. The Morgan fingerprint density at radius 3 is 1.67 bits per heavy atom. The summed E-state index contributed by atoms with van der Waals surface area (Å²) in [7, 11) is 0. The molecule has 4 nitrogen and oxygen atoms in total. The summed E-state index contributed by atoms with van der Waals surface area (Å²) in [6.07, 6.45) is 0. The van der Waals surface area contributed by atoms with Gasteiger partial charge in [-0.2, -0.15) is 0 Å². The van der Waals surface area contributed by atoms with Crippen LogP contribution in [0, 0.1) is 13.8 Å². The number of hydrogen-bond acceptors (Lipinski definition) is 3. The predicted octanol–water partition coefficient (Wildman–Crippen LogP) is 6.13. The van der Waals surface area contributed by atoms with Crippen LogP contribution in [0.1, 0.15) is 48.5 Å². The molecule has 0 unspecified atom stereocenters. The van der Waals surface area contributed by atoms with Crippen LogP contribution in [-0.4, -0.2) is 16.1 Å². The van der Waals surface area contributed by atoms with Crippen molar-refractivity contribution in [3.8, 4) is 0 Å². The van der Waals surface area contributed by atoms with Gasteiger partial charge in [-0.15, -0.1) is 0 Å². The minimum Gasteiger partial charge on any atom is -0.303 e. The average molecular weight is 472 g/mol. The summed E-state index contributed by atoms with van der Waals surface area (Å²) in [5, 5.41) is 0.599. The summed E-state index contributed by atoms with van der Waals surface area (Å²) >= 11 is 0. The first-order chi connectivity index (χ1) is 17.5. The zero-order valence-electron chi connectivity index (χ0n) is 20.2. The molecule has 0 aliphatic carbocycles. The molecular formula is C32H25NO3. The van der Waals surface area contributed by atoms with Gasteiger partial charge in [-0.3, -0.25) is 14.4 Å². The van der Waals surface area contributed by atoms with E-state index in [1.54, 1.807) is 53.1 Å². The van der Waals surface area contributed by atoms with Crippen molar-refractivity contribution in [3.05, 3.63) is 152 Å². The minimum atomic E-state index is -0.470. The van der Waals surface area contributed by atoms with Gasteiger partial charge in [0.25, 0.3) is 5.56 Å². The second-order valence-electron chi connectivity index (χ2n) is 8.97. The lowest BCUT2D eigenvalue weighted by atomic mass is 9.89. The molecule has 0 bridgehead atoms. The number of benzene rings is 4. The van der Waals surface area contributed by atoms with Gasteiger partial charge in [-0.05, 0) is 42.7 Å². The zero-order valence-corrected chi connectivity index (χ0v) is 20.2. The number of aryl methyl sites for hydroxylation is 2. The molecule has 1 heterocycles. The number of carbonyl (C=O) groups is 2. The molecule has 5 aromatic rings. The number of ketones is 2. The number of fused-ring (bicyclic) bond motifs is 1. The quantitative estimate of drug-likeness (QED) is 0.280.